The molecule has 0 radical (unpaired) electrons. The van der Waals surface area contributed by atoms with E-state index in [1.165, 1.54) is 0 Å². The summed E-state index contributed by atoms with van der Waals surface area (Å²) >= 11 is 0. The van der Waals surface area contributed by atoms with Crippen LogP contribution < -0.4 is 15.8 Å². The molecule has 1 aromatic heterocycles. The van der Waals surface area contributed by atoms with Crippen molar-refractivity contribution in [3.63, 3.8) is 0 Å². The van der Waals surface area contributed by atoms with Gasteiger partial charge in [-0.2, -0.15) is 0 Å². The van der Waals surface area contributed by atoms with E-state index in [9.17, 15) is 9.59 Å². The van der Waals surface area contributed by atoms with Crippen molar-refractivity contribution in [1.29, 1.82) is 0 Å². The lowest BCUT2D eigenvalue weighted by molar-refractivity contribution is -0.148. The summed E-state index contributed by atoms with van der Waals surface area (Å²) in [6.45, 7) is 5.76. The Morgan fingerprint density at radius 2 is 2.14 bits per heavy atom. The number of carbonyl (C=O) groups is 2. The fourth-order valence-electron chi connectivity index (χ4n) is 1.52. The van der Waals surface area contributed by atoms with Crippen molar-refractivity contribution in [2.45, 2.75) is 39.5 Å². The molecule has 1 rings (SSSR count). The molecule has 1 heterocycles. The Hall–Kier alpha value is -2.15. The fourth-order valence-corrected chi connectivity index (χ4v) is 1.52. The Labute approximate surface area is 123 Å². The van der Waals surface area contributed by atoms with Crippen LogP contribution in [0.25, 0.3) is 0 Å². The van der Waals surface area contributed by atoms with Crippen LogP contribution in [-0.2, 0) is 20.9 Å². The quantitative estimate of drug-likeness (QED) is 0.556. The minimum atomic E-state index is -1.34. The molecule has 1 amide bonds. The maximum Gasteiger partial charge on any atom is 0.332 e. The van der Waals surface area contributed by atoms with E-state index in [0.717, 1.165) is 0 Å². The monoisotopic (exact) mass is 295 g/mol. The van der Waals surface area contributed by atoms with Gasteiger partial charge in [0.05, 0.1) is 12.7 Å². The Balaban J connectivity index is 2.62. The highest BCUT2D eigenvalue weighted by Gasteiger charge is 2.23. The molecule has 7 nitrogen and oxygen atoms in total. The number of carbonyl (C=O) groups excluding carboxylic acids is 2. The van der Waals surface area contributed by atoms with E-state index in [-0.39, 0.29) is 19.3 Å². The number of hydrogen-bond donors (Lipinski definition) is 2. The van der Waals surface area contributed by atoms with Crippen LogP contribution in [0.15, 0.2) is 18.3 Å². The van der Waals surface area contributed by atoms with E-state index in [1.54, 1.807) is 25.3 Å². The first-order valence-electron chi connectivity index (χ1n) is 6.76. The average molecular weight is 295 g/mol. The highest BCUT2D eigenvalue weighted by atomic mass is 16.5. The zero-order chi connectivity index (χ0) is 15.8. The molecule has 3 N–H and O–H groups in total. The number of hydrogen-bond acceptors (Lipinski definition) is 6. The first-order valence-corrected chi connectivity index (χ1v) is 6.76. The molecule has 0 aliphatic heterocycles. The lowest BCUT2D eigenvalue weighted by atomic mass is 10.2. The number of nitrogens with one attached hydrogen (secondary N) is 1. The van der Waals surface area contributed by atoms with E-state index in [1.807, 2.05) is 13.8 Å². The fraction of sp³-hybridized carbons (Fsp3) is 0.500. The second-order valence-corrected chi connectivity index (χ2v) is 4.58. The Morgan fingerprint density at radius 3 is 2.76 bits per heavy atom. The van der Waals surface area contributed by atoms with Crippen molar-refractivity contribution in [3.8, 4) is 5.88 Å². The summed E-state index contributed by atoms with van der Waals surface area (Å²) in [5.41, 5.74) is 6.20. The molecule has 1 unspecified atom stereocenters. The predicted molar refractivity (Wildman–Crippen MR) is 76.5 cm³/mol. The van der Waals surface area contributed by atoms with E-state index in [0.29, 0.717) is 11.4 Å². The van der Waals surface area contributed by atoms with Gasteiger partial charge in [0.15, 0.2) is 6.04 Å². The van der Waals surface area contributed by atoms with Crippen LogP contribution in [0.4, 0.5) is 0 Å². The maximum absolute atomic E-state index is 11.8. The smallest absolute Gasteiger partial charge is 0.332 e. The minimum absolute atomic E-state index is 0.0314. The second kappa shape index (κ2) is 8.21. The summed E-state index contributed by atoms with van der Waals surface area (Å²) in [7, 11) is 0. The number of aromatic nitrogens is 1. The molecule has 0 saturated heterocycles. The average Bonchev–Trinajstić information content (AvgIpc) is 2.44. The molecular formula is C14H21N3O4. The number of rotatable bonds is 7. The van der Waals surface area contributed by atoms with Gasteiger partial charge >= 0.3 is 5.97 Å². The van der Waals surface area contributed by atoms with Gasteiger partial charge in [0, 0.05) is 18.3 Å². The zero-order valence-corrected chi connectivity index (χ0v) is 12.5. The van der Waals surface area contributed by atoms with Gasteiger partial charge in [-0.15, -0.1) is 0 Å². The molecule has 116 valence electrons. The van der Waals surface area contributed by atoms with E-state index >= 15 is 0 Å². The van der Waals surface area contributed by atoms with Crippen molar-refractivity contribution in [2.75, 3.05) is 6.61 Å². The summed E-state index contributed by atoms with van der Waals surface area (Å²) in [5, 5.41) is 2.57. The van der Waals surface area contributed by atoms with Crippen LogP contribution in [0.1, 0.15) is 26.3 Å². The number of esters is 1. The summed E-state index contributed by atoms with van der Waals surface area (Å²) in [6, 6.07) is 2.18. The van der Waals surface area contributed by atoms with Gasteiger partial charge < -0.3 is 20.5 Å². The van der Waals surface area contributed by atoms with Crippen LogP contribution in [0.2, 0.25) is 0 Å². The second-order valence-electron chi connectivity index (χ2n) is 4.58. The highest BCUT2D eigenvalue weighted by molar-refractivity contribution is 6.01. The summed E-state index contributed by atoms with van der Waals surface area (Å²) in [6.07, 6.45) is 1.57. The normalized spacial score (nSPS) is 11.9. The lowest BCUT2D eigenvalue weighted by Gasteiger charge is -2.14. The third-order valence-corrected chi connectivity index (χ3v) is 2.47. The molecule has 21 heavy (non-hydrogen) atoms. The Morgan fingerprint density at radius 1 is 1.43 bits per heavy atom. The number of nitrogens with two attached hydrogens (primary N) is 1. The molecule has 0 bridgehead atoms. The van der Waals surface area contributed by atoms with Gasteiger partial charge in [0.1, 0.15) is 0 Å². The molecule has 0 spiro atoms. The first kappa shape index (κ1) is 16.9. The third kappa shape index (κ3) is 5.39. The van der Waals surface area contributed by atoms with Gasteiger partial charge in [0.2, 0.25) is 11.8 Å². The van der Waals surface area contributed by atoms with Crippen molar-refractivity contribution < 1.29 is 19.1 Å². The van der Waals surface area contributed by atoms with Crippen molar-refractivity contribution >= 4 is 11.9 Å². The molecule has 0 saturated carbocycles. The number of amides is 1. The first-order chi connectivity index (χ1) is 9.95. The Kier molecular flexibility index (Phi) is 6.61. The molecule has 1 atom stereocenters. The van der Waals surface area contributed by atoms with Crippen LogP contribution in [0.5, 0.6) is 5.88 Å². The van der Waals surface area contributed by atoms with E-state index < -0.39 is 17.9 Å². The van der Waals surface area contributed by atoms with Crippen LogP contribution in [-0.4, -0.2) is 35.6 Å². The zero-order valence-electron chi connectivity index (χ0n) is 12.5. The molecule has 0 fully saturated rings. The number of pyridine rings is 1. The number of ether oxygens (including phenoxy) is 2. The standard InChI is InChI=1S/C14H21N3O4/c1-4-20-14(19)11(15)12(18)17-8-10-6-5-7-16-13(10)21-9(2)3/h5-7,9,11H,4,8,15H2,1-3H3,(H,17,18). The van der Waals surface area contributed by atoms with E-state index in [4.69, 9.17) is 15.2 Å². The van der Waals surface area contributed by atoms with Crippen molar-refractivity contribution in [3.05, 3.63) is 23.9 Å². The summed E-state index contributed by atoms with van der Waals surface area (Å²) < 4.78 is 10.2. The van der Waals surface area contributed by atoms with Gasteiger partial charge in [-0.3, -0.25) is 4.79 Å². The topological polar surface area (TPSA) is 104 Å². The van der Waals surface area contributed by atoms with E-state index in [2.05, 4.69) is 10.3 Å². The molecule has 7 heteroatoms. The number of nitrogens with zero attached hydrogens (tertiary/aromatic N) is 1. The van der Waals surface area contributed by atoms with Gasteiger partial charge in [-0.1, -0.05) is 6.07 Å². The highest BCUT2D eigenvalue weighted by Crippen LogP contribution is 2.15. The van der Waals surface area contributed by atoms with Gasteiger partial charge in [-0.25, -0.2) is 9.78 Å². The Bertz CT molecular complexity index is 491. The van der Waals surface area contributed by atoms with Gasteiger partial charge in [0.25, 0.3) is 0 Å². The van der Waals surface area contributed by atoms with Crippen molar-refractivity contribution in [1.82, 2.24) is 10.3 Å². The molecule has 0 aromatic carbocycles. The molecule has 1 aromatic rings. The summed E-state index contributed by atoms with van der Waals surface area (Å²) in [4.78, 5) is 27.2. The van der Waals surface area contributed by atoms with Crippen LogP contribution in [0, 0.1) is 0 Å². The van der Waals surface area contributed by atoms with Gasteiger partial charge in [-0.05, 0) is 26.8 Å². The SMILES string of the molecule is CCOC(=O)C(N)C(=O)NCc1cccnc1OC(C)C. The third-order valence-electron chi connectivity index (χ3n) is 2.47. The van der Waals surface area contributed by atoms with Crippen molar-refractivity contribution in [2.24, 2.45) is 5.73 Å². The molecule has 0 aliphatic carbocycles. The molecule has 0 aliphatic rings. The lowest BCUT2D eigenvalue weighted by Crippen LogP contribution is -2.46. The van der Waals surface area contributed by atoms with Crippen LogP contribution in [0.3, 0.4) is 0 Å². The van der Waals surface area contributed by atoms with Crippen LogP contribution >= 0.6 is 0 Å². The molecular weight excluding hydrogens is 274 g/mol. The maximum atomic E-state index is 11.8. The minimum Gasteiger partial charge on any atom is -0.475 e. The summed E-state index contributed by atoms with van der Waals surface area (Å²) in [5.74, 6) is -0.912. The largest absolute Gasteiger partial charge is 0.475 e. The predicted octanol–water partition coefficient (Wildman–Crippen LogP) is 0.375.